The number of carbonyl (C=O) groups excluding carboxylic acids is 1. The fourth-order valence-corrected chi connectivity index (χ4v) is 3.01. The van der Waals surface area contributed by atoms with Crippen LogP contribution < -0.4 is 0 Å². The molecule has 5 heteroatoms. The molecule has 2 aliphatic rings. The van der Waals surface area contributed by atoms with Gasteiger partial charge in [0, 0.05) is 13.1 Å². The van der Waals surface area contributed by atoms with Gasteiger partial charge in [0.25, 0.3) is 0 Å². The summed E-state index contributed by atoms with van der Waals surface area (Å²) in [5.41, 5.74) is 0. The van der Waals surface area contributed by atoms with Crippen molar-refractivity contribution in [3.63, 3.8) is 0 Å². The van der Waals surface area contributed by atoms with Crippen LogP contribution in [0.2, 0.25) is 0 Å². The van der Waals surface area contributed by atoms with Crippen LogP contribution in [0.4, 0.5) is 0 Å². The minimum absolute atomic E-state index is 0.0849. The highest BCUT2D eigenvalue weighted by Crippen LogP contribution is 2.38. The summed E-state index contributed by atoms with van der Waals surface area (Å²) in [5.74, 6) is -1.61. The topological polar surface area (TPSA) is 77.8 Å². The number of aliphatic hydroxyl groups is 1. The summed E-state index contributed by atoms with van der Waals surface area (Å²) in [5, 5.41) is 18.5. The number of rotatable bonds is 2. The van der Waals surface area contributed by atoms with Gasteiger partial charge < -0.3 is 15.1 Å². The SMILES string of the molecule is CC1CC(C(=O)O)C(C(=O)N2CCC(O)C2)C1. The van der Waals surface area contributed by atoms with Gasteiger partial charge in [-0.3, -0.25) is 9.59 Å². The van der Waals surface area contributed by atoms with Crippen LogP contribution in [0.15, 0.2) is 0 Å². The summed E-state index contributed by atoms with van der Waals surface area (Å²) in [6.45, 7) is 2.90. The quantitative estimate of drug-likeness (QED) is 0.730. The van der Waals surface area contributed by atoms with Crippen LogP contribution in [0.1, 0.15) is 26.2 Å². The third kappa shape index (κ3) is 2.44. The number of aliphatic hydroxyl groups excluding tert-OH is 1. The van der Waals surface area contributed by atoms with Crippen molar-refractivity contribution in [3.8, 4) is 0 Å². The van der Waals surface area contributed by atoms with E-state index in [9.17, 15) is 14.7 Å². The number of carbonyl (C=O) groups is 2. The molecule has 0 spiro atoms. The third-order valence-corrected chi connectivity index (χ3v) is 3.91. The van der Waals surface area contributed by atoms with E-state index in [0.29, 0.717) is 32.4 Å². The number of carboxylic acid groups (broad SMARTS) is 1. The summed E-state index contributed by atoms with van der Waals surface area (Å²) < 4.78 is 0. The predicted octanol–water partition coefficient (Wildman–Crippen LogP) is 0.326. The Labute approximate surface area is 100 Å². The number of carboxylic acids is 1. The van der Waals surface area contributed by atoms with Crippen LogP contribution in [0.25, 0.3) is 0 Å². The van der Waals surface area contributed by atoms with Crippen LogP contribution >= 0.6 is 0 Å². The summed E-state index contributed by atoms with van der Waals surface area (Å²) in [4.78, 5) is 24.9. The van der Waals surface area contributed by atoms with Crippen LogP contribution in [-0.4, -0.2) is 46.2 Å². The van der Waals surface area contributed by atoms with Crippen molar-refractivity contribution in [1.29, 1.82) is 0 Å². The number of likely N-dealkylation sites (tertiary alicyclic amines) is 1. The van der Waals surface area contributed by atoms with E-state index in [1.54, 1.807) is 4.90 Å². The third-order valence-electron chi connectivity index (χ3n) is 3.91. The van der Waals surface area contributed by atoms with E-state index in [4.69, 9.17) is 5.11 Å². The molecule has 0 radical (unpaired) electrons. The molecule has 0 aromatic rings. The summed E-state index contributed by atoms with van der Waals surface area (Å²) in [6, 6.07) is 0. The first-order chi connectivity index (χ1) is 7.99. The van der Waals surface area contributed by atoms with E-state index in [-0.39, 0.29) is 11.8 Å². The lowest BCUT2D eigenvalue weighted by Gasteiger charge is -2.22. The van der Waals surface area contributed by atoms with E-state index >= 15 is 0 Å². The molecular weight excluding hydrogens is 222 g/mol. The van der Waals surface area contributed by atoms with Crippen LogP contribution in [-0.2, 0) is 9.59 Å². The first-order valence-electron chi connectivity index (χ1n) is 6.18. The van der Waals surface area contributed by atoms with Crippen LogP contribution in [0.3, 0.4) is 0 Å². The molecule has 96 valence electrons. The Morgan fingerprint density at radius 3 is 2.41 bits per heavy atom. The van der Waals surface area contributed by atoms with E-state index in [0.717, 1.165) is 0 Å². The van der Waals surface area contributed by atoms with E-state index in [1.165, 1.54) is 0 Å². The molecular formula is C12H19NO4. The molecule has 0 bridgehead atoms. The number of hydrogen-bond acceptors (Lipinski definition) is 3. The summed E-state index contributed by atoms with van der Waals surface area (Å²) in [6.07, 6.45) is 1.40. The molecule has 4 unspecified atom stereocenters. The van der Waals surface area contributed by atoms with Crippen molar-refractivity contribution in [3.05, 3.63) is 0 Å². The molecule has 1 amide bonds. The van der Waals surface area contributed by atoms with Crippen molar-refractivity contribution in [1.82, 2.24) is 4.90 Å². The van der Waals surface area contributed by atoms with Crippen LogP contribution in [0.5, 0.6) is 0 Å². The van der Waals surface area contributed by atoms with Gasteiger partial charge in [0.15, 0.2) is 0 Å². The monoisotopic (exact) mass is 241 g/mol. The first-order valence-corrected chi connectivity index (χ1v) is 6.18. The molecule has 2 fully saturated rings. The lowest BCUT2D eigenvalue weighted by atomic mass is 9.95. The lowest BCUT2D eigenvalue weighted by molar-refractivity contribution is -0.148. The van der Waals surface area contributed by atoms with Crippen molar-refractivity contribution in [2.75, 3.05) is 13.1 Å². The Bertz CT molecular complexity index is 330. The molecule has 2 rings (SSSR count). The number of aliphatic carboxylic acids is 1. The van der Waals surface area contributed by atoms with E-state index in [2.05, 4.69) is 0 Å². The molecule has 1 saturated heterocycles. The number of amides is 1. The van der Waals surface area contributed by atoms with Crippen molar-refractivity contribution in [2.45, 2.75) is 32.3 Å². The van der Waals surface area contributed by atoms with Crippen LogP contribution in [0, 0.1) is 17.8 Å². The maximum Gasteiger partial charge on any atom is 0.307 e. The molecule has 1 saturated carbocycles. The van der Waals surface area contributed by atoms with Gasteiger partial charge in [0.2, 0.25) is 5.91 Å². The molecule has 1 aliphatic heterocycles. The lowest BCUT2D eigenvalue weighted by Crippen LogP contribution is -2.38. The predicted molar refractivity (Wildman–Crippen MR) is 60.2 cm³/mol. The molecule has 1 heterocycles. The van der Waals surface area contributed by atoms with Gasteiger partial charge in [0.05, 0.1) is 17.9 Å². The van der Waals surface area contributed by atoms with E-state index in [1.807, 2.05) is 6.92 Å². The smallest absolute Gasteiger partial charge is 0.307 e. The molecule has 0 aromatic heterocycles. The van der Waals surface area contributed by atoms with Gasteiger partial charge in [-0.25, -0.2) is 0 Å². The number of hydrogen-bond donors (Lipinski definition) is 2. The molecule has 2 N–H and O–H groups in total. The Morgan fingerprint density at radius 1 is 1.24 bits per heavy atom. The molecule has 5 nitrogen and oxygen atoms in total. The molecule has 1 aliphatic carbocycles. The Morgan fingerprint density at radius 2 is 1.88 bits per heavy atom. The highest BCUT2D eigenvalue weighted by molar-refractivity contribution is 5.85. The fourth-order valence-electron chi connectivity index (χ4n) is 3.01. The van der Waals surface area contributed by atoms with Gasteiger partial charge in [-0.2, -0.15) is 0 Å². The summed E-state index contributed by atoms with van der Waals surface area (Å²) >= 11 is 0. The second-order valence-corrected chi connectivity index (χ2v) is 5.35. The van der Waals surface area contributed by atoms with Gasteiger partial charge in [-0.05, 0) is 25.2 Å². The minimum atomic E-state index is -0.868. The number of β-amino-alcohol motifs (C(OH)–C–C–N with tert-alkyl or cyclic N) is 1. The summed E-state index contributed by atoms with van der Waals surface area (Å²) in [7, 11) is 0. The molecule has 17 heavy (non-hydrogen) atoms. The van der Waals surface area contributed by atoms with E-state index < -0.39 is 23.9 Å². The standard InChI is InChI=1S/C12H19NO4/c1-7-4-9(10(5-7)12(16)17)11(15)13-3-2-8(14)6-13/h7-10,14H,2-6H2,1H3,(H,16,17). The highest BCUT2D eigenvalue weighted by atomic mass is 16.4. The highest BCUT2D eigenvalue weighted by Gasteiger charge is 2.43. The van der Waals surface area contributed by atoms with Crippen molar-refractivity contribution in [2.24, 2.45) is 17.8 Å². The average molecular weight is 241 g/mol. The normalized spacial score (nSPS) is 37.4. The maximum atomic E-state index is 12.2. The van der Waals surface area contributed by atoms with Gasteiger partial charge >= 0.3 is 5.97 Å². The Kier molecular flexibility index (Phi) is 3.38. The largest absolute Gasteiger partial charge is 0.481 e. The second kappa shape index (κ2) is 4.64. The Balaban J connectivity index is 2.05. The average Bonchev–Trinajstić information content (AvgIpc) is 2.83. The Hall–Kier alpha value is -1.10. The molecule has 0 aromatic carbocycles. The molecule has 4 atom stereocenters. The zero-order valence-electron chi connectivity index (χ0n) is 10.0. The zero-order chi connectivity index (χ0) is 12.6. The number of nitrogens with zero attached hydrogens (tertiary/aromatic N) is 1. The zero-order valence-corrected chi connectivity index (χ0v) is 10.0. The first kappa shape index (κ1) is 12.4. The second-order valence-electron chi connectivity index (χ2n) is 5.35. The van der Waals surface area contributed by atoms with Gasteiger partial charge in [-0.1, -0.05) is 6.92 Å². The van der Waals surface area contributed by atoms with Gasteiger partial charge in [0.1, 0.15) is 0 Å². The van der Waals surface area contributed by atoms with Crippen molar-refractivity contribution >= 4 is 11.9 Å². The minimum Gasteiger partial charge on any atom is -0.481 e. The van der Waals surface area contributed by atoms with Crippen molar-refractivity contribution < 1.29 is 19.8 Å². The fraction of sp³-hybridized carbons (Fsp3) is 0.833. The maximum absolute atomic E-state index is 12.2. The van der Waals surface area contributed by atoms with Gasteiger partial charge in [-0.15, -0.1) is 0 Å².